The number of hydrogen-bond donors (Lipinski definition) is 1. The molecule has 0 bridgehead atoms. The lowest BCUT2D eigenvalue weighted by Gasteiger charge is -2.31. The summed E-state index contributed by atoms with van der Waals surface area (Å²) >= 11 is 2.56. The fourth-order valence-electron chi connectivity index (χ4n) is 5.81. The number of carbonyl (C=O) groups is 5. The molecule has 14 heteroatoms. The van der Waals surface area contributed by atoms with E-state index in [1.165, 1.54) is 18.1 Å². The van der Waals surface area contributed by atoms with Crippen molar-refractivity contribution in [3.8, 4) is 0 Å². The lowest BCUT2D eigenvalue weighted by Crippen LogP contribution is -2.46. The van der Waals surface area contributed by atoms with Gasteiger partial charge in [-0.2, -0.15) is 11.8 Å². The summed E-state index contributed by atoms with van der Waals surface area (Å²) in [4.78, 5) is 70.4. The Balaban J connectivity index is 2.06. The van der Waals surface area contributed by atoms with Crippen LogP contribution in [0.25, 0.3) is 0 Å². The molecule has 1 aliphatic rings. The molecular weight excluding hydrogens is 731 g/mol. The van der Waals surface area contributed by atoms with Crippen molar-refractivity contribution in [2.24, 2.45) is 0 Å². The molecule has 0 saturated carbocycles. The van der Waals surface area contributed by atoms with Crippen LogP contribution in [0.5, 0.6) is 0 Å². The molecule has 3 atom stereocenters. The maximum atomic E-state index is 14.2. The Morgan fingerprint density at radius 1 is 1.09 bits per heavy atom. The zero-order chi connectivity index (χ0) is 39.8. The fraction of sp³-hybridized carbons (Fsp3) is 0.525. The largest absolute Gasteiger partial charge is 0.461 e. The van der Waals surface area contributed by atoms with Gasteiger partial charge in [0.15, 0.2) is 0 Å². The Hall–Kier alpha value is -4.01. The summed E-state index contributed by atoms with van der Waals surface area (Å²) in [5.74, 6) is -0.673. The van der Waals surface area contributed by atoms with Gasteiger partial charge in [-0.1, -0.05) is 49.1 Å². The number of likely N-dealkylation sites (tertiary alicyclic amines) is 1. The summed E-state index contributed by atoms with van der Waals surface area (Å²) in [5, 5.41) is 2.13. The van der Waals surface area contributed by atoms with Gasteiger partial charge in [0.2, 0.25) is 5.91 Å². The van der Waals surface area contributed by atoms with Crippen molar-refractivity contribution in [2.45, 2.75) is 89.3 Å². The molecule has 12 nitrogen and oxygen atoms in total. The van der Waals surface area contributed by atoms with Gasteiger partial charge in [0.05, 0.1) is 25.2 Å². The first kappa shape index (κ1) is 44.4. The van der Waals surface area contributed by atoms with Gasteiger partial charge < -0.3 is 34.1 Å². The van der Waals surface area contributed by atoms with Crippen molar-refractivity contribution >= 4 is 58.4 Å². The van der Waals surface area contributed by atoms with Gasteiger partial charge in [-0.25, -0.2) is 14.4 Å². The van der Waals surface area contributed by atoms with E-state index in [0.717, 1.165) is 17.3 Å². The molecule has 0 spiro atoms. The third-order valence-electron chi connectivity index (χ3n) is 8.24. The molecule has 1 heterocycles. The van der Waals surface area contributed by atoms with E-state index in [9.17, 15) is 24.0 Å². The summed E-state index contributed by atoms with van der Waals surface area (Å²) < 4.78 is 21.7. The van der Waals surface area contributed by atoms with Crippen LogP contribution in [0.15, 0.2) is 61.2 Å². The van der Waals surface area contributed by atoms with Crippen molar-refractivity contribution in [1.82, 2.24) is 10.2 Å². The molecule has 1 saturated heterocycles. The molecule has 1 aliphatic heterocycles. The van der Waals surface area contributed by atoms with E-state index in [1.807, 2.05) is 42.7 Å². The van der Waals surface area contributed by atoms with Gasteiger partial charge in [0, 0.05) is 36.7 Å². The molecule has 54 heavy (non-hydrogen) atoms. The summed E-state index contributed by atoms with van der Waals surface area (Å²) in [6, 6.07) is 13.5. The van der Waals surface area contributed by atoms with Crippen LogP contribution in [0.2, 0.25) is 0 Å². The second-order valence-corrected chi connectivity index (χ2v) is 16.4. The molecule has 3 unspecified atom stereocenters. The fourth-order valence-corrected chi connectivity index (χ4v) is 7.41. The molecule has 1 fully saturated rings. The van der Waals surface area contributed by atoms with Gasteiger partial charge in [-0.3, -0.25) is 9.59 Å². The van der Waals surface area contributed by atoms with Crippen LogP contribution in [-0.2, 0) is 35.0 Å². The average molecular weight is 786 g/mol. The van der Waals surface area contributed by atoms with Crippen LogP contribution in [-0.4, -0.2) is 109 Å². The minimum Gasteiger partial charge on any atom is -0.461 e. The van der Waals surface area contributed by atoms with Crippen LogP contribution in [0.4, 0.5) is 15.3 Å². The lowest BCUT2D eigenvalue weighted by atomic mass is 9.97. The standard InChI is InChI=1S/C40H55N3O9S2/c1-9-19-50-38(47)43-26-32(54-39(48)52-40(4,5)6)23-31(43)25-42(35(44)17-20-49-7)30-16-15-29(22-28-13-11-10-12-14-28)33(24-30)36(45)41-34(18-21-53-8)37(46)51-27(2)3/h9-16,24,27,31-32,34H,1,17-23,25-26H2,2-8H3,(H,41,45). The highest BCUT2D eigenvalue weighted by Crippen LogP contribution is 2.33. The molecule has 1 N–H and O–H groups in total. The average Bonchev–Trinajstić information content (AvgIpc) is 3.51. The maximum absolute atomic E-state index is 14.2. The van der Waals surface area contributed by atoms with Gasteiger partial charge in [0.25, 0.3) is 5.91 Å². The Morgan fingerprint density at radius 2 is 1.81 bits per heavy atom. The molecule has 0 aromatic heterocycles. The van der Waals surface area contributed by atoms with Crippen molar-refractivity contribution in [1.29, 1.82) is 0 Å². The number of hydrogen-bond acceptors (Lipinski definition) is 11. The predicted molar refractivity (Wildman–Crippen MR) is 214 cm³/mol. The van der Waals surface area contributed by atoms with Crippen LogP contribution >= 0.6 is 23.5 Å². The van der Waals surface area contributed by atoms with Gasteiger partial charge >= 0.3 is 17.4 Å². The Bertz CT molecular complexity index is 1580. The zero-order valence-corrected chi connectivity index (χ0v) is 34.1. The summed E-state index contributed by atoms with van der Waals surface area (Å²) in [7, 11) is 1.50. The normalized spacial score (nSPS) is 16.0. The monoisotopic (exact) mass is 785 g/mol. The second kappa shape index (κ2) is 21.8. The first-order valence-corrected chi connectivity index (χ1v) is 20.3. The van der Waals surface area contributed by atoms with E-state index >= 15 is 0 Å². The lowest BCUT2D eigenvalue weighted by molar-refractivity contribution is -0.149. The third-order valence-corrected chi connectivity index (χ3v) is 9.84. The van der Waals surface area contributed by atoms with Gasteiger partial charge in [-0.05, 0) is 101 Å². The number of rotatable bonds is 18. The Morgan fingerprint density at radius 3 is 2.44 bits per heavy atom. The molecule has 0 aliphatic carbocycles. The van der Waals surface area contributed by atoms with Crippen LogP contribution in [0.3, 0.4) is 0 Å². The van der Waals surface area contributed by atoms with E-state index in [1.54, 1.807) is 63.4 Å². The highest BCUT2D eigenvalue weighted by atomic mass is 32.2. The van der Waals surface area contributed by atoms with Crippen molar-refractivity contribution in [3.05, 3.63) is 77.9 Å². The summed E-state index contributed by atoms with van der Waals surface area (Å²) in [6.07, 6.45) is 3.63. The number of amides is 3. The molecule has 3 amide bonds. The number of carbonyl (C=O) groups excluding carboxylic acids is 5. The van der Waals surface area contributed by atoms with Crippen LogP contribution in [0.1, 0.15) is 75.4 Å². The minimum absolute atomic E-state index is 0.00753. The number of benzene rings is 2. The van der Waals surface area contributed by atoms with Crippen molar-refractivity contribution in [3.63, 3.8) is 0 Å². The minimum atomic E-state index is -0.881. The quantitative estimate of drug-likeness (QED) is 0.0961. The number of esters is 1. The number of anilines is 1. The van der Waals surface area contributed by atoms with E-state index in [-0.39, 0.29) is 50.0 Å². The summed E-state index contributed by atoms with van der Waals surface area (Å²) in [6.45, 7) is 12.9. The Labute approximate surface area is 328 Å². The molecule has 2 aromatic carbocycles. The molecule has 296 valence electrons. The van der Waals surface area contributed by atoms with Crippen LogP contribution in [0, 0.1) is 0 Å². The number of thioether (sulfide) groups is 2. The molecule has 2 aromatic rings. The third kappa shape index (κ3) is 14.3. The number of ether oxygens (including phenoxy) is 4. The van der Waals surface area contributed by atoms with E-state index in [0.29, 0.717) is 41.8 Å². The van der Waals surface area contributed by atoms with E-state index < -0.39 is 41.0 Å². The Kier molecular flexibility index (Phi) is 17.9. The number of nitrogens with one attached hydrogen (secondary N) is 1. The highest BCUT2D eigenvalue weighted by Gasteiger charge is 2.40. The SMILES string of the molecule is C=CCOC(=O)N1CC(SC(=O)OC(C)(C)C)CC1CN(C(=O)CCOC)c1ccc(Cc2ccccc2)c(C(=O)NC(CCSC)C(=O)OC(C)C)c1. The van der Waals surface area contributed by atoms with E-state index in [2.05, 4.69) is 11.9 Å². The highest BCUT2D eigenvalue weighted by molar-refractivity contribution is 8.13. The first-order valence-electron chi connectivity index (χ1n) is 18.1. The second-order valence-electron chi connectivity index (χ2n) is 14.2. The number of nitrogens with zero attached hydrogens (tertiary/aromatic N) is 2. The molecular formula is C40H55N3O9S2. The van der Waals surface area contributed by atoms with Crippen molar-refractivity contribution < 1.29 is 42.9 Å². The first-order chi connectivity index (χ1) is 25.6. The maximum Gasteiger partial charge on any atom is 0.410 e. The predicted octanol–water partition coefficient (Wildman–Crippen LogP) is 6.88. The van der Waals surface area contributed by atoms with Gasteiger partial charge in [-0.15, -0.1) is 0 Å². The zero-order valence-electron chi connectivity index (χ0n) is 32.5. The summed E-state index contributed by atoms with van der Waals surface area (Å²) in [5.41, 5.74) is 1.69. The number of methoxy groups -OCH3 is 1. The van der Waals surface area contributed by atoms with Crippen molar-refractivity contribution in [2.75, 3.05) is 50.3 Å². The van der Waals surface area contributed by atoms with Crippen LogP contribution < -0.4 is 10.2 Å². The molecule has 0 radical (unpaired) electrons. The molecule has 3 rings (SSSR count). The van der Waals surface area contributed by atoms with E-state index in [4.69, 9.17) is 18.9 Å². The smallest absolute Gasteiger partial charge is 0.410 e. The topological polar surface area (TPSA) is 141 Å². The van der Waals surface area contributed by atoms with Gasteiger partial charge in [0.1, 0.15) is 18.2 Å².